The molecular formula is C32H19BN2O. The number of benzene rings is 5. The van der Waals surface area contributed by atoms with Crippen molar-refractivity contribution in [2.24, 2.45) is 0 Å². The summed E-state index contributed by atoms with van der Waals surface area (Å²) in [6, 6.07) is 34.9. The number of fused-ring (bicyclic) bond motifs is 9. The summed E-state index contributed by atoms with van der Waals surface area (Å²) >= 11 is 0. The van der Waals surface area contributed by atoms with Gasteiger partial charge in [0.1, 0.15) is 17.0 Å². The van der Waals surface area contributed by atoms with Crippen molar-refractivity contribution in [1.29, 1.82) is 0 Å². The molecule has 4 heteroatoms. The second-order valence-electron chi connectivity index (χ2n) is 9.97. The molecule has 0 fully saturated rings. The van der Waals surface area contributed by atoms with Crippen LogP contribution in [0.1, 0.15) is 5.82 Å². The van der Waals surface area contributed by atoms with Gasteiger partial charge in [-0.3, -0.25) is 4.57 Å². The zero-order chi connectivity index (χ0) is 23.5. The summed E-state index contributed by atoms with van der Waals surface area (Å²) in [5.74, 6) is 1.02. The van der Waals surface area contributed by atoms with Crippen LogP contribution in [0.2, 0.25) is 0 Å². The molecule has 5 aromatic carbocycles. The first kappa shape index (κ1) is 18.7. The molecule has 0 radical (unpaired) electrons. The molecule has 36 heavy (non-hydrogen) atoms. The first-order valence-corrected chi connectivity index (χ1v) is 12.4. The van der Waals surface area contributed by atoms with Crippen molar-refractivity contribution in [1.82, 2.24) is 9.55 Å². The minimum Gasteiger partial charge on any atom is -0.457 e. The van der Waals surface area contributed by atoms with Crippen molar-refractivity contribution in [3.05, 3.63) is 103 Å². The maximum Gasteiger partial charge on any atom is 0.253 e. The van der Waals surface area contributed by atoms with Crippen molar-refractivity contribution < 1.29 is 4.42 Å². The van der Waals surface area contributed by atoms with Crippen LogP contribution in [0.3, 0.4) is 0 Å². The second kappa shape index (κ2) is 6.35. The van der Waals surface area contributed by atoms with Crippen LogP contribution < -0.4 is 16.4 Å². The predicted molar refractivity (Wildman–Crippen MR) is 149 cm³/mol. The Bertz CT molecular complexity index is 2070. The number of imidazole rings is 1. The maximum atomic E-state index is 6.60. The Hall–Kier alpha value is -4.57. The minimum atomic E-state index is 0.102. The maximum absolute atomic E-state index is 6.60. The summed E-state index contributed by atoms with van der Waals surface area (Å²) in [4.78, 5) is 5.05. The molecule has 3 nitrogen and oxygen atoms in total. The van der Waals surface area contributed by atoms with E-state index in [1.807, 2.05) is 6.07 Å². The third-order valence-electron chi connectivity index (χ3n) is 8.14. The normalized spacial score (nSPS) is 13.1. The Labute approximate surface area is 207 Å². The Kier molecular flexibility index (Phi) is 3.30. The number of hydrogen-bond acceptors (Lipinski definition) is 2. The molecule has 7 aromatic rings. The van der Waals surface area contributed by atoms with Crippen LogP contribution in [-0.2, 0) is 0 Å². The van der Waals surface area contributed by atoms with Gasteiger partial charge in [0, 0.05) is 16.5 Å². The van der Waals surface area contributed by atoms with Gasteiger partial charge >= 0.3 is 0 Å². The van der Waals surface area contributed by atoms with Gasteiger partial charge in [-0.25, -0.2) is 4.98 Å². The molecular weight excluding hydrogens is 439 g/mol. The zero-order valence-corrected chi connectivity index (χ0v) is 19.6. The topological polar surface area (TPSA) is 31.0 Å². The van der Waals surface area contributed by atoms with Crippen molar-refractivity contribution in [3.63, 3.8) is 0 Å². The van der Waals surface area contributed by atoms with Gasteiger partial charge < -0.3 is 4.42 Å². The molecule has 9 rings (SSSR count). The Morgan fingerprint density at radius 2 is 1.56 bits per heavy atom. The van der Waals surface area contributed by atoms with Crippen LogP contribution in [0, 0.1) is 6.92 Å². The molecule has 166 valence electrons. The molecule has 0 unspecified atom stereocenters. The van der Waals surface area contributed by atoms with Crippen molar-refractivity contribution >= 4 is 56.1 Å². The van der Waals surface area contributed by atoms with Gasteiger partial charge in [-0.1, -0.05) is 72.8 Å². The lowest BCUT2D eigenvalue weighted by atomic mass is 9.37. The Balaban J connectivity index is 1.46. The fourth-order valence-corrected chi connectivity index (χ4v) is 6.74. The SMILES string of the molecule is Cc1nc2cc(-c3ccccc3)cc3c2n1-c1cccc2c1B3c1c-2ccc2c1oc1ccccc12. The van der Waals surface area contributed by atoms with Crippen LogP contribution in [0.4, 0.5) is 0 Å². The van der Waals surface area contributed by atoms with Crippen LogP contribution in [-0.4, -0.2) is 16.3 Å². The second-order valence-corrected chi connectivity index (χ2v) is 9.97. The highest BCUT2D eigenvalue weighted by molar-refractivity contribution is 7.02. The average molecular weight is 458 g/mol. The number of aryl methyl sites for hydroxylation is 1. The number of rotatable bonds is 1. The van der Waals surface area contributed by atoms with E-state index < -0.39 is 0 Å². The molecule has 0 saturated carbocycles. The number of nitrogens with zero attached hydrogens (tertiary/aromatic N) is 2. The molecule has 0 aliphatic carbocycles. The van der Waals surface area contributed by atoms with E-state index in [4.69, 9.17) is 9.40 Å². The summed E-state index contributed by atoms with van der Waals surface area (Å²) in [6.45, 7) is 2.22. The lowest BCUT2D eigenvalue weighted by Crippen LogP contribution is -2.53. The Morgan fingerprint density at radius 3 is 2.47 bits per heavy atom. The van der Waals surface area contributed by atoms with E-state index in [9.17, 15) is 0 Å². The van der Waals surface area contributed by atoms with Crippen LogP contribution in [0.25, 0.3) is 60.9 Å². The molecule has 0 atom stereocenters. The molecule has 2 aliphatic rings. The van der Waals surface area contributed by atoms with E-state index in [2.05, 4.69) is 102 Å². The number of hydrogen-bond donors (Lipinski definition) is 0. The fourth-order valence-electron chi connectivity index (χ4n) is 6.74. The lowest BCUT2D eigenvalue weighted by molar-refractivity contribution is 0.671. The predicted octanol–water partition coefficient (Wildman–Crippen LogP) is 5.71. The van der Waals surface area contributed by atoms with Crippen molar-refractivity contribution in [2.75, 3.05) is 0 Å². The van der Waals surface area contributed by atoms with Crippen molar-refractivity contribution in [3.8, 4) is 27.9 Å². The molecule has 2 aromatic heterocycles. The third kappa shape index (κ3) is 2.14. The molecule has 0 spiro atoms. The zero-order valence-electron chi connectivity index (χ0n) is 19.6. The van der Waals surface area contributed by atoms with E-state index in [-0.39, 0.29) is 6.71 Å². The first-order valence-electron chi connectivity index (χ1n) is 12.4. The largest absolute Gasteiger partial charge is 0.457 e. The first-order chi connectivity index (χ1) is 17.8. The summed E-state index contributed by atoms with van der Waals surface area (Å²) in [5, 5.41) is 2.36. The summed E-state index contributed by atoms with van der Waals surface area (Å²) in [6.07, 6.45) is 0. The lowest BCUT2D eigenvalue weighted by Gasteiger charge is -2.24. The molecule has 0 N–H and O–H groups in total. The smallest absolute Gasteiger partial charge is 0.253 e. The number of para-hydroxylation sites is 1. The van der Waals surface area contributed by atoms with E-state index >= 15 is 0 Å². The highest BCUT2D eigenvalue weighted by atomic mass is 16.3. The highest BCUT2D eigenvalue weighted by Crippen LogP contribution is 2.38. The van der Waals surface area contributed by atoms with Gasteiger partial charge in [0.2, 0.25) is 0 Å². The monoisotopic (exact) mass is 458 g/mol. The van der Waals surface area contributed by atoms with E-state index in [1.54, 1.807) is 0 Å². The van der Waals surface area contributed by atoms with Gasteiger partial charge in [-0.2, -0.15) is 0 Å². The minimum absolute atomic E-state index is 0.102. The van der Waals surface area contributed by atoms with Gasteiger partial charge in [0.25, 0.3) is 6.71 Å². The van der Waals surface area contributed by atoms with Crippen LogP contribution in [0.15, 0.2) is 101 Å². The third-order valence-corrected chi connectivity index (χ3v) is 8.14. The van der Waals surface area contributed by atoms with Crippen molar-refractivity contribution in [2.45, 2.75) is 6.92 Å². The van der Waals surface area contributed by atoms with E-state index in [0.717, 1.165) is 22.5 Å². The quantitative estimate of drug-likeness (QED) is 0.295. The molecule has 4 heterocycles. The Morgan fingerprint density at radius 1 is 0.722 bits per heavy atom. The van der Waals surface area contributed by atoms with Gasteiger partial charge in [-0.15, -0.1) is 0 Å². The average Bonchev–Trinajstić information content (AvgIpc) is 3.57. The number of furan rings is 1. The molecule has 0 bridgehead atoms. The highest BCUT2D eigenvalue weighted by Gasteiger charge is 2.43. The van der Waals surface area contributed by atoms with E-state index in [0.29, 0.717) is 0 Å². The standard InChI is InChI=1S/C32H19BN2O/c1-18-34-26-17-20(19-8-3-2-4-9-19)16-25-31(26)35(18)27-12-7-11-22-23-14-15-24-21-10-5-6-13-28(21)36-32(24)30(23)33(25)29(22)27/h2-17H,1H3. The molecule has 0 amide bonds. The molecule has 0 saturated heterocycles. The summed E-state index contributed by atoms with van der Waals surface area (Å²) < 4.78 is 8.96. The van der Waals surface area contributed by atoms with Gasteiger partial charge in [0.05, 0.1) is 11.0 Å². The van der Waals surface area contributed by atoms with Crippen LogP contribution in [0.5, 0.6) is 0 Å². The summed E-state index contributed by atoms with van der Waals surface area (Å²) in [7, 11) is 0. The number of aromatic nitrogens is 2. The molecule has 2 aliphatic heterocycles. The van der Waals surface area contributed by atoms with Gasteiger partial charge in [0.15, 0.2) is 0 Å². The fraction of sp³-hybridized carbons (Fsp3) is 0.0312. The van der Waals surface area contributed by atoms with E-state index in [1.165, 1.54) is 60.6 Å². The van der Waals surface area contributed by atoms with Gasteiger partial charge in [-0.05, 0) is 69.8 Å². The summed E-state index contributed by atoms with van der Waals surface area (Å²) in [5.41, 5.74) is 14.4. The van der Waals surface area contributed by atoms with Crippen LogP contribution >= 0.6 is 0 Å².